The van der Waals surface area contributed by atoms with Gasteiger partial charge in [-0.2, -0.15) is 0 Å². The molecule has 5 nitrogen and oxygen atoms in total. The summed E-state index contributed by atoms with van der Waals surface area (Å²) in [6.07, 6.45) is 4.90. The minimum Gasteiger partial charge on any atom is -0.477 e. The lowest BCUT2D eigenvalue weighted by Crippen LogP contribution is -2.33. The van der Waals surface area contributed by atoms with Crippen LogP contribution < -0.4 is 5.32 Å². The molecule has 2 unspecified atom stereocenters. The van der Waals surface area contributed by atoms with E-state index in [9.17, 15) is 9.59 Å². The fourth-order valence-corrected chi connectivity index (χ4v) is 3.31. The van der Waals surface area contributed by atoms with Crippen molar-refractivity contribution in [1.29, 1.82) is 0 Å². The lowest BCUT2D eigenvalue weighted by atomic mass is 9.80. The molecule has 1 amide bonds. The third kappa shape index (κ3) is 3.28. The van der Waals surface area contributed by atoms with Crippen molar-refractivity contribution in [2.24, 2.45) is 11.8 Å². The monoisotopic (exact) mass is 292 g/mol. The molecule has 5 heteroatoms. The first-order valence-corrected chi connectivity index (χ1v) is 7.62. The zero-order chi connectivity index (χ0) is 15.6. The van der Waals surface area contributed by atoms with Gasteiger partial charge in [0.2, 0.25) is 0 Å². The second kappa shape index (κ2) is 6.33. The van der Waals surface area contributed by atoms with E-state index >= 15 is 0 Å². The molecule has 0 aliphatic heterocycles. The highest BCUT2D eigenvalue weighted by atomic mass is 16.4. The second-order valence-electron chi connectivity index (χ2n) is 6.16. The number of rotatable bonds is 4. The van der Waals surface area contributed by atoms with Crippen molar-refractivity contribution in [1.82, 2.24) is 10.3 Å². The molecule has 116 valence electrons. The molecular formula is C16H24N2O3. The second-order valence-corrected chi connectivity index (χ2v) is 6.16. The molecular weight excluding hydrogens is 268 g/mol. The van der Waals surface area contributed by atoms with Crippen LogP contribution in [0.15, 0.2) is 0 Å². The third-order valence-electron chi connectivity index (χ3n) is 4.69. The molecule has 0 saturated heterocycles. The average Bonchev–Trinajstić information content (AvgIpc) is 2.73. The summed E-state index contributed by atoms with van der Waals surface area (Å²) in [7, 11) is 0. The van der Waals surface area contributed by atoms with Gasteiger partial charge in [-0.25, -0.2) is 4.79 Å². The summed E-state index contributed by atoms with van der Waals surface area (Å²) < 4.78 is 0. The highest BCUT2D eigenvalue weighted by molar-refractivity contribution is 6.00. The largest absolute Gasteiger partial charge is 0.477 e. The Labute approximate surface area is 125 Å². The highest BCUT2D eigenvalue weighted by Crippen LogP contribution is 2.29. The summed E-state index contributed by atoms with van der Waals surface area (Å²) in [4.78, 5) is 26.2. The van der Waals surface area contributed by atoms with Crippen molar-refractivity contribution in [3.8, 4) is 0 Å². The van der Waals surface area contributed by atoms with E-state index < -0.39 is 5.97 Å². The van der Waals surface area contributed by atoms with Crippen molar-refractivity contribution in [2.45, 2.75) is 46.5 Å². The summed E-state index contributed by atoms with van der Waals surface area (Å²) in [6, 6.07) is 0. The summed E-state index contributed by atoms with van der Waals surface area (Å²) in [5, 5.41) is 12.1. The lowest BCUT2D eigenvalue weighted by Gasteiger charge is -2.28. The molecule has 0 radical (unpaired) electrons. The number of nitrogens with one attached hydrogen (secondary N) is 2. The van der Waals surface area contributed by atoms with Crippen LogP contribution in [-0.4, -0.2) is 28.5 Å². The van der Waals surface area contributed by atoms with Gasteiger partial charge in [0, 0.05) is 12.2 Å². The molecule has 0 spiro atoms. The van der Waals surface area contributed by atoms with Crippen LogP contribution in [0.3, 0.4) is 0 Å². The first kappa shape index (κ1) is 15.6. The molecule has 2 rings (SSSR count). The van der Waals surface area contributed by atoms with Crippen molar-refractivity contribution in [3.05, 3.63) is 22.5 Å². The molecule has 1 aliphatic carbocycles. The summed E-state index contributed by atoms with van der Waals surface area (Å²) in [5.41, 5.74) is 1.69. The Morgan fingerprint density at radius 3 is 2.52 bits per heavy atom. The Hall–Kier alpha value is -1.78. The van der Waals surface area contributed by atoms with Crippen LogP contribution in [-0.2, 0) is 0 Å². The number of amides is 1. The molecule has 1 aromatic heterocycles. The van der Waals surface area contributed by atoms with E-state index in [1.165, 1.54) is 19.3 Å². The Morgan fingerprint density at radius 2 is 1.95 bits per heavy atom. The van der Waals surface area contributed by atoms with Gasteiger partial charge in [0.25, 0.3) is 5.91 Å². The quantitative estimate of drug-likeness (QED) is 0.798. The predicted molar refractivity (Wildman–Crippen MR) is 80.7 cm³/mol. The van der Waals surface area contributed by atoms with Gasteiger partial charge in [0.05, 0.1) is 5.56 Å². The summed E-state index contributed by atoms with van der Waals surface area (Å²) in [6.45, 7) is 6.32. The molecule has 3 N–H and O–H groups in total. The number of aryl methyl sites for hydroxylation is 1. The molecule has 2 atom stereocenters. The van der Waals surface area contributed by atoms with Crippen LogP contribution in [0.25, 0.3) is 0 Å². The first-order chi connectivity index (χ1) is 9.91. The maximum atomic E-state index is 12.3. The van der Waals surface area contributed by atoms with Crippen molar-refractivity contribution >= 4 is 11.9 Å². The fraction of sp³-hybridized carbons (Fsp3) is 0.625. The smallest absolute Gasteiger partial charge is 0.352 e. The lowest BCUT2D eigenvalue weighted by molar-refractivity contribution is 0.0690. The van der Waals surface area contributed by atoms with E-state index in [-0.39, 0.29) is 11.6 Å². The van der Waals surface area contributed by atoms with E-state index in [2.05, 4.69) is 17.2 Å². The molecule has 1 heterocycles. The molecule has 1 aromatic rings. The maximum absolute atomic E-state index is 12.3. The maximum Gasteiger partial charge on any atom is 0.352 e. The van der Waals surface area contributed by atoms with Crippen molar-refractivity contribution < 1.29 is 14.7 Å². The number of carbonyl (C=O) groups is 2. The molecule has 0 bridgehead atoms. The molecule has 1 saturated carbocycles. The van der Waals surface area contributed by atoms with E-state index in [4.69, 9.17) is 5.11 Å². The standard InChI is InChI=1S/C16H24N2O3/c1-9-6-4-5-7-12(9)8-17-15(19)13-10(2)14(16(20)21)18-11(13)3/h9,12,18H,4-8H2,1-3H3,(H,17,19)(H,20,21). The first-order valence-electron chi connectivity index (χ1n) is 7.62. The normalized spacial score (nSPS) is 22.0. The van der Waals surface area contributed by atoms with Gasteiger partial charge in [0.15, 0.2) is 0 Å². The highest BCUT2D eigenvalue weighted by Gasteiger charge is 2.24. The van der Waals surface area contributed by atoms with Gasteiger partial charge in [-0.3, -0.25) is 4.79 Å². The number of hydrogen-bond donors (Lipinski definition) is 3. The fourth-order valence-electron chi connectivity index (χ4n) is 3.31. The summed E-state index contributed by atoms with van der Waals surface area (Å²) in [5.74, 6) is -0.0367. The van der Waals surface area contributed by atoms with Gasteiger partial charge < -0.3 is 15.4 Å². The minimum atomic E-state index is -1.03. The predicted octanol–water partition coefficient (Wildman–Crippen LogP) is 2.89. The van der Waals surface area contributed by atoms with Crippen LogP contribution in [0.1, 0.15) is 64.7 Å². The Bertz CT molecular complexity index is 548. The van der Waals surface area contributed by atoms with E-state index in [1.807, 2.05) is 0 Å². The van der Waals surface area contributed by atoms with E-state index in [0.717, 1.165) is 6.42 Å². The molecule has 1 aliphatic rings. The van der Waals surface area contributed by atoms with Crippen molar-refractivity contribution in [2.75, 3.05) is 6.54 Å². The van der Waals surface area contributed by atoms with E-state index in [0.29, 0.717) is 35.2 Å². The zero-order valence-electron chi connectivity index (χ0n) is 13.0. The van der Waals surface area contributed by atoms with Crippen LogP contribution in [0, 0.1) is 25.7 Å². The number of carboxylic acid groups (broad SMARTS) is 1. The summed E-state index contributed by atoms with van der Waals surface area (Å²) >= 11 is 0. The van der Waals surface area contributed by atoms with E-state index in [1.54, 1.807) is 13.8 Å². The van der Waals surface area contributed by atoms with Crippen molar-refractivity contribution in [3.63, 3.8) is 0 Å². The van der Waals surface area contributed by atoms with Crippen LogP contribution in [0.5, 0.6) is 0 Å². The van der Waals surface area contributed by atoms with Gasteiger partial charge in [-0.1, -0.05) is 26.2 Å². The topological polar surface area (TPSA) is 82.2 Å². The third-order valence-corrected chi connectivity index (χ3v) is 4.69. The number of carbonyl (C=O) groups excluding carboxylic acids is 1. The van der Waals surface area contributed by atoms with Crippen LogP contribution in [0.4, 0.5) is 0 Å². The Kier molecular flexibility index (Phi) is 4.70. The average molecular weight is 292 g/mol. The Balaban J connectivity index is 2.05. The molecule has 0 aromatic carbocycles. The minimum absolute atomic E-state index is 0.101. The number of aromatic amines is 1. The number of carboxylic acids is 1. The van der Waals surface area contributed by atoms with Crippen LogP contribution in [0.2, 0.25) is 0 Å². The Morgan fingerprint density at radius 1 is 1.29 bits per heavy atom. The number of aromatic nitrogens is 1. The van der Waals surface area contributed by atoms with Gasteiger partial charge in [-0.05, 0) is 37.7 Å². The van der Waals surface area contributed by atoms with Crippen LogP contribution >= 0.6 is 0 Å². The van der Waals surface area contributed by atoms with Gasteiger partial charge in [-0.15, -0.1) is 0 Å². The number of aromatic carboxylic acids is 1. The number of H-pyrrole nitrogens is 1. The molecule has 21 heavy (non-hydrogen) atoms. The molecule has 1 fully saturated rings. The number of hydrogen-bond acceptors (Lipinski definition) is 2. The van der Waals surface area contributed by atoms with Gasteiger partial charge >= 0.3 is 5.97 Å². The SMILES string of the molecule is Cc1[nH]c(C(=O)O)c(C)c1C(=O)NCC1CCCCC1C. The zero-order valence-corrected chi connectivity index (χ0v) is 13.0. The van der Waals surface area contributed by atoms with Gasteiger partial charge in [0.1, 0.15) is 5.69 Å².